The van der Waals surface area contributed by atoms with E-state index in [1.807, 2.05) is 11.8 Å². The summed E-state index contributed by atoms with van der Waals surface area (Å²) in [5.41, 5.74) is 6.55. The van der Waals surface area contributed by atoms with Crippen LogP contribution in [0, 0.1) is 13.8 Å². The van der Waals surface area contributed by atoms with Gasteiger partial charge in [-0.3, -0.25) is 9.59 Å². The van der Waals surface area contributed by atoms with Gasteiger partial charge in [-0.05, 0) is 38.8 Å². The molecular weight excluding hydrogens is 360 g/mol. The molecule has 1 atom stereocenters. The fourth-order valence-corrected chi connectivity index (χ4v) is 5.24. The minimum atomic E-state index is -1.02. The van der Waals surface area contributed by atoms with Crippen molar-refractivity contribution in [2.45, 2.75) is 51.9 Å². The maximum atomic E-state index is 14.2. The first-order valence-electron chi connectivity index (χ1n) is 10.6. The van der Waals surface area contributed by atoms with Crippen LogP contribution in [0.1, 0.15) is 54.9 Å². The third-order valence-electron chi connectivity index (χ3n) is 6.57. The third kappa shape index (κ3) is 2.32. The SMILES string of the molecule is CCCCN1C(=O)C2(C3=C(CCC3=O)Nc3ccc(C)cc32)c2cc(C)ccc21. The number of unbranched alkanes of at least 4 members (excludes halogenated alkanes) is 1. The molecule has 0 aromatic heterocycles. The number of hydrogen-bond acceptors (Lipinski definition) is 3. The molecule has 148 valence electrons. The number of carbonyl (C=O) groups excluding carboxylic acids is 2. The van der Waals surface area contributed by atoms with Crippen molar-refractivity contribution in [3.8, 4) is 0 Å². The Hall–Kier alpha value is -2.88. The summed E-state index contributed by atoms with van der Waals surface area (Å²) in [4.78, 5) is 29.3. The number of carbonyl (C=O) groups is 2. The Balaban J connectivity index is 1.87. The van der Waals surface area contributed by atoms with E-state index in [0.717, 1.165) is 52.2 Å². The van der Waals surface area contributed by atoms with Crippen molar-refractivity contribution >= 4 is 23.1 Å². The summed E-state index contributed by atoms with van der Waals surface area (Å²) in [6.07, 6.45) is 3.10. The molecule has 0 bridgehead atoms. The van der Waals surface area contributed by atoms with Gasteiger partial charge in [0.1, 0.15) is 5.41 Å². The van der Waals surface area contributed by atoms with Crippen LogP contribution in [0.4, 0.5) is 11.4 Å². The van der Waals surface area contributed by atoms with E-state index in [2.05, 4.69) is 55.6 Å². The second kappa shape index (κ2) is 6.31. The molecule has 0 saturated carbocycles. The van der Waals surface area contributed by atoms with E-state index >= 15 is 0 Å². The average Bonchev–Trinajstić information content (AvgIpc) is 3.18. The lowest BCUT2D eigenvalue weighted by Gasteiger charge is -2.37. The van der Waals surface area contributed by atoms with Crippen molar-refractivity contribution in [1.29, 1.82) is 0 Å². The predicted molar refractivity (Wildman–Crippen MR) is 115 cm³/mol. The molecule has 2 aromatic carbocycles. The Labute approximate surface area is 171 Å². The lowest BCUT2D eigenvalue weighted by atomic mass is 9.66. The van der Waals surface area contributed by atoms with Gasteiger partial charge in [0.15, 0.2) is 5.78 Å². The number of ketones is 1. The molecule has 1 aliphatic carbocycles. The number of hydrogen-bond donors (Lipinski definition) is 1. The number of anilines is 2. The first-order valence-corrected chi connectivity index (χ1v) is 10.6. The van der Waals surface area contributed by atoms with Crippen LogP contribution in [0.5, 0.6) is 0 Å². The Kier molecular flexibility index (Phi) is 3.95. The highest BCUT2D eigenvalue weighted by molar-refractivity contribution is 6.21. The molecule has 29 heavy (non-hydrogen) atoms. The van der Waals surface area contributed by atoms with Gasteiger partial charge in [-0.2, -0.15) is 0 Å². The molecule has 2 aromatic rings. The van der Waals surface area contributed by atoms with Crippen LogP contribution in [0.15, 0.2) is 47.7 Å². The maximum absolute atomic E-state index is 14.2. The summed E-state index contributed by atoms with van der Waals surface area (Å²) in [6, 6.07) is 12.4. The zero-order chi connectivity index (χ0) is 20.3. The topological polar surface area (TPSA) is 49.4 Å². The first-order chi connectivity index (χ1) is 14.0. The van der Waals surface area contributed by atoms with E-state index in [4.69, 9.17) is 0 Å². The van der Waals surface area contributed by atoms with Crippen molar-refractivity contribution in [2.24, 2.45) is 0 Å². The van der Waals surface area contributed by atoms with Crippen LogP contribution >= 0.6 is 0 Å². The highest BCUT2D eigenvalue weighted by atomic mass is 16.2. The van der Waals surface area contributed by atoms with Crippen LogP contribution in [0.2, 0.25) is 0 Å². The molecule has 4 heteroatoms. The second-order valence-electron chi connectivity index (χ2n) is 8.53. The molecule has 4 nitrogen and oxygen atoms in total. The van der Waals surface area contributed by atoms with Crippen LogP contribution in [0.3, 0.4) is 0 Å². The van der Waals surface area contributed by atoms with Gasteiger partial charge >= 0.3 is 0 Å². The van der Waals surface area contributed by atoms with Gasteiger partial charge in [-0.1, -0.05) is 48.7 Å². The third-order valence-corrected chi connectivity index (χ3v) is 6.57. The number of nitrogens with zero attached hydrogens (tertiary/aromatic N) is 1. The zero-order valence-corrected chi connectivity index (χ0v) is 17.3. The number of Topliss-reactive ketones (excluding diaryl/α,β-unsaturated/α-hetero) is 1. The van der Waals surface area contributed by atoms with Gasteiger partial charge in [0, 0.05) is 46.7 Å². The lowest BCUT2D eigenvalue weighted by molar-refractivity contribution is -0.123. The van der Waals surface area contributed by atoms with E-state index in [9.17, 15) is 9.59 Å². The molecule has 1 unspecified atom stereocenters. The summed E-state index contributed by atoms with van der Waals surface area (Å²) >= 11 is 0. The molecule has 1 spiro atoms. The fourth-order valence-electron chi connectivity index (χ4n) is 5.24. The number of fused-ring (bicyclic) bond motifs is 5. The maximum Gasteiger partial charge on any atom is 0.247 e. The van der Waals surface area contributed by atoms with Crippen LogP contribution in [0.25, 0.3) is 0 Å². The second-order valence-corrected chi connectivity index (χ2v) is 8.53. The minimum Gasteiger partial charge on any atom is -0.358 e. The van der Waals surface area contributed by atoms with Crippen LogP contribution in [-0.2, 0) is 15.0 Å². The quantitative estimate of drug-likeness (QED) is 0.826. The Bertz CT molecular complexity index is 1100. The van der Waals surface area contributed by atoms with E-state index in [-0.39, 0.29) is 11.7 Å². The van der Waals surface area contributed by atoms with E-state index in [1.165, 1.54) is 0 Å². The normalized spacial score (nSPS) is 22.1. The Morgan fingerprint density at radius 2 is 1.72 bits per heavy atom. The monoisotopic (exact) mass is 386 g/mol. The van der Waals surface area contributed by atoms with E-state index in [1.54, 1.807) is 0 Å². The van der Waals surface area contributed by atoms with E-state index < -0.39 is 5.41 Å². The van der Waals surface area contributed by atoms with Gasteiger partial charge in [-0.15, -0.1) is 0 Å². The largest absolute Gasteiger partial charge is 0.358 e. The number of amides is 1. The summed E-state index contributed by atoms with van der Waals surface area (Å²) < 4.78 is 0. The van der Waals surface area contributed by atoms with Gasteiger partial charge in [0.2, 0.25) is 5.91 Å². The van der Waals surface area contributed by atoms with Crippen molar-refractivity contribution in [1.82, 2.24) is 0 Å². The van der Waals surface area contributed by atoms with E-state index in [0.29, 0.717) is 25.0 Å². The van der Waals surface area contributed by atoms with Crippen LogP contribution < -0.4 is 10.2 Å². The van der Waals surface area contributed by atoms with Gasteiger partial charge in [0.05, 0.1) is 0 Å². The number of nitrogens with one attached hydrogen (secondary N) is 1. The average molecular weight is 386 g/mol. The Morgan fingerprint density at radius 1 is 1.00 bits per heavy atom. The van der Waals surface area contributed by atoms with Crippen molar-refractivity contribution in [3.63, 3.8) is 0 Å². The van der Waals surface area contributed by atoms with Gasteiger partial charge in [0.25, 0.3) is 0 Å². The highest BCUT2D eigenvalue weighted by Crippen LogP contribution is 2.57. The van der Waals surface area contributed by atoms with Crippen molar-refractivity contribution in [3.05, 3.63) is 69.9 Å². The molecule has 0 saturated heterocycles. The summed E-state index contributed by atoms with van der Waals surface area (Å²) in [7, 11) is 0. The molecule has 1 amide bonds. The summed E-state index contributed by atoms with van der Waals surface area (Å²) in [5.74, 6) is 0.125. The van der Waals surface area contributed by atoms with Crippen molar-refractivity contribution < 1.29 is 9.59 Å². The molecular formula is C25H26N2O2. The van der Waals surface area contributed by atoms with Crippen molar-refractivity contribution in [2.75, 3.05) is 16.8 Å². The first kappa shape index (κ1) is 18.2. The molecule has 2 aliphatic heterocycles. The zero-order valence-electron chi connectivity index (χ0n) is 17.3. The van der Waals surface area contributed by atoms with Gasteiger partial charge in [-0.25, -0.2) is 0 Å². The van der Waals surface area contributed by atoms with Gasteiger partial charge < -0.3 is 10.2 Å². The number of aryl methyl sites for hydroxylation is 2. The predicted octanol–water partition coefficient (Wildman–Crippen LogP) is 4.78. The Morgan fingerprint density at radius 3 is 2.48 bits per heavy atom. The summed E-state index contributed by atoms with van der Waals surface area (Å²) in [6.45, 7) is 6.91. The summed E-state index contributed by atoms with van der Waals surface area (Å²) in [5, 5.41) is 3.48. The van der Waals surface area contributed by atoms with Crippen LogP contribution in [-0.4, -0.2) is 18.2 Å². The molecule has 3 aliphatic rings. The lowest BCUT2D eigenvalue weighted by Crippen LogP contribution is -2.46. The smallest absolute Gasteiger partial charge is 0.247 e. The molecule has 0 fully saturated rings. The number of benzene rings is 2. The molecule has 1 N–H and O–H groups in total. The fraction of sp³-hybridized carbons (Fsp3) is 0.360. The highest BCUT2D eigenvalue weighted by Gasteiger charge is 2.60. The number of allylic oxidation sites excluding steroid dienone is 1. The standard InChI is InChI=1S/C25H26N2O2/c1-4-5-12-27-21-10-7-16(3)14-18(21)25(24(27)29)17-13-15(2)6-8-19(17)26-20-9-11-22(28)23(20)25/h6-8,10,13-14,26H,4-5,9,11-12H2,1-3H3. The number of rotatable bonds is 3. The molecule has 2 heterocycles. The minimum absolute atomic E-state index is 0.0302. The molecule has 5 rings (SSSR count). The molecule has 0 radical (unpaired) electrons.